The molecule has 3 rings (SSSR count). The van der Waals surface area contributed by atoms with Gasteiger partial charge in [-0.25, -0.2) is 0 Å². The predicted octanol–water partition coefficient (Wildman–Crippen LogP) is 2.08. The Morgan fingerprint density at radius 2 is 1.50 bits per heavy atom. The zero-order valence-corrected chi connectivity index (χ0v) is 10.3. The third-order valence-corrected chi connectivity index (χ3v) is 3.20. The third-order valence-electron chi connectivity index (χ3n) is 3.20. The summed E-state index contributed by atoms with van der Waals surface area (Å²) in [5.41, 5.74) is -0.931. The van der Waals surface area contributed by atoms with E-state index in [1.807, 2.05) is 0 Å². The second kappa shape index (κ2) is 3.80. The second-order valence-corrected chi connectivity index (χ2v) is 4.50. The van der Waals surface area contributed by atoms with Gasteiger partial charge in [0.15, 0.2) is 22.7 Å². The molecule has 0 radical (unpaired) electrons. The molecular weight excluding hydrogens is 264 g/mol. The van der Waals surface area contributed by atoms with E-state index in [0.717, 1.165) is 12.1 Å². The fraction of sp³-hybridized carbons (Fsp3) is 0.0714. The summed E-state index contributed by atoms with van der Waals surface area (Å²) in [5, 5.41) is 38.8. The molecular formula is C14H10O6. The van der Waals surface area contributed by atoms with E-state index in [2.05, 4.69) is 0 Å². The van der Waals surface area contributed by atoms with Gasteiger partial charge in [0, 0.05) is 0 Å². The van der Waals surface area contributed by atoms with Crippen molar-refractivity contribution in [1.29, 1.82) is 0 Å². The van der Waals surface area contributed by atoms with Crippen molar-refractivity contribution in [3.8, 4) is 23.0 Å². The number of hydrogen-bond acceptors (Lipinski definition) is 6. The topological polar surface area (TPSA) is 111 Å². The van der Waals surface area contributed by atoms with E-state index in [9.17, 15) is 25.2 Å². The van der Waals surface area contributed by atoms with Crippen LogP contribution in [0.1, 0.15) is 5.56 Å². The van der Waals surface area contributed by atoms with Crippen LogP contribution in [0.25, 0.3) is 21.9 Å². The standard InChI is InChI=1S/C14H10O6/c1-5-4-8(17)14-10(11(5)18)12(19)9-6(15)2-3-7(16)13(9)20-14/h2-4,15-18H,1H3. The van der Waals surface area contributed by atoms with Crippen LogP contribution < -0.4 is 5.43 Å². The second-order valence-electron chi connectivity index (χ2n) is 4.50. The van der Waals surface area contributed by atoms with Gasteiger partial charge in [-0.2, -0.15) is 0 Å². The predicted molar refractivity (Wildman–Crippen MR) is 71.4 cm³/mol. The average molecular weight is 274 g/mol. The molecule has 6 nitrogen and oxygen atoms in total. The maximum Gasteiger partial charge on any atom is 0.208 e. The molecule has 0 saturated carbocycles. The monoisotopic (exact) mass is 274 g/mol. The van der Waals surface area contributed by atoms with Gasteiger partial charge in [-0.1, -0.05) is 0 Å². The molecule has 0 spiro atoms. The Kier molecular flexibility index (Phi) is 2.31. The Bertz CT molecular complexity index is 923. The van der Waals surface area contributed by atoms with Crippen molar-refractivity contribution >= 4 is 21.9 Å². The lowest BCUT2D eigenvalue weighted by Gasteiger charge is -2.08. The highest BCUT2D eigenvalue weighted by molar-refractivity contribution is 6.00. The van der Waals surface area contributed by atoms with E-state index in [0.29, 0.717) is 5.56 Å². The fourth-order valence-electron chi connectivity index (χ4n) is 2.20. The van der Waals surface area contributed by atoms with Crippen LogP contribution in [0, 0.1) is 6.92 Å². The number of fused-ring (bicyclic) bond motifs is 2. The zero-order chi connectivity index (χ0) is 14.6. The first-order valence-electron chi connectivity index (χ1n) is 5.74. The van der Waals surface area contributed by atoms with E-state index in [1.54, 1.807) is 0 Å². The van der Waals surface area contributed by atoms with Crippen LogP contribution in [-0.2, 0) is 0 Å². The molecule has 0 aliphatic rings. The Morgan fingerprint density at radius 1 is 0.900 bits per heavy atom. The lowest BCUT2D eigenvalue weighted by Crippen LogP contribution is -2.03. The van der Waals surface area contributed by atoms with E-state index < -0.39 is 5.43 Å². The van der Waals surface area contributed by atoms with Crippen LogP contribution in [0.4, 0.5) is 0 Å². The summed E-state index contributed by atoms with van der Waals surface area (Å²) >= 11 is 0. The van der Waals surface area contributed by atoms with Gasteiger partial charge < -0.3 is 24.8 Å². The van der Waals surface area contributed by atoms with Crippen LogP contribution in [0.5, 0.6) is 23.0 Å². The Hall–Kier alpha value is -2.89. The van der Waals surface area contributed by atoms with Gasteiger partial charge in [0.1, 0.15) is 22.3 Å². The number of aromatic hydroxyl groups is 4. The van der Waals surface area contributed by atoms with Gasteiger partial charge >= 0.3 is 0 Å². The third kappa shape index (κ3) is 1.41. The van der Waals surface area contributed by atoms with Crippen molar-refractivity contribution in [2.45, 2.75) is 6.92 Å². The summed E-state index contributed by atoms with van der Waals surface area (Å²) in [5.74, 6) is -1.40. The van der Waals surface area contributed by atoms with Crippen molar-refractivity contribution in [3.05, 3.63) is 34.0 Å². The summed E-state index contributed by atoms with van der Waals surface area (Å²) in [7, 11) is 0. The molecule has 2 aromatic carbocycles. The number of hydrogen-bond donors (Lipinski definition) is 4. The van der Waals surface area contributed by atoms with Crippen LogP contribution in [-0.4, -0.2) is 20.4 Å². The summed E-state index contributed by atoms with van der Waals surface area (Å²) in [6.07, 6.45) is 0. The molecule has 6 heteroatoms. The summed E-state index contributed by atoms with van der Waals surface area (Å²) in [6.45, 7) is 1.51. The van der Waals surface area contributed by atoms with Gasteiger partial charge in [-0.15, -0.1) is 0 Å². The smallest absolute Gasteiger partial charge is 0.208 e. The molecule has 0 amide bonds. The quantitative estimate of drug-likeness (QED) is 0.369. The van der Waals surface area contributed by atoms with E-state index in [4.69, 9.17) is 4.42 Å². The van der Waals surface area contributed by atoms with Crippen molar-refractivity contribution in [3.63, 3.8) is 0 Å². The average Bonchev–Trinajstić information content (AvgIpc) is 2.40. The molecule has 0 saturated heterocycles. The van der Waals surface area contributed by atoms with Crippen molar-refractivity contribution in [2.24, 2.45) is 0 Å². The Balaban J connectivity index is 2.73. The zero-order valence-electron chi connectivity index (χ0n) is 10.3. The minimum absolute atomic E-state index is 0.240. The number of phenols is 4. The lowest BCUT2D eigenvalue weighted by atomic mass is 10.1. The van der Waals surface area contributed by atoms with Gasteiger partial charge in [0.05, 0.1) is 0 Å². The first-order valence-corrected chi connectivity index (χ1v) is 5.74. The Morgan fingerprint density at radius 3 is 2.20 bits per heavy atom. The fourth-order valence-corrected chi connectivity index (χ4v) is 2.20. The number of aryl methyl sites for hydroxylation is 1. The lowest BCUT2D eigenvalue weighted by molar-refractivity contribution is 0.444. The van der Waals surface area contributed by atoms with Gasteiger partial charge in [-0.05, 0) is 30.7 Å². The molecule has 0 aliphatic heterocycles. The summed E-state index contributed by atoms with van der Waals surface area (Å²) in [6, 6.07) is 3.55. The molecule has 0 bridgehead atoms. The highest BCUT2D eigenvalue weighted by atomic mass is 16.4. The minimum Gasteiger partial charge on any atom is -0.507 e. The minimum atomic E-state index is -0.730. The highest BCUT2D eigenvalue weighted by Gasteiger charge is 2.20. The molecule has 0 aliphatic carbocycles. The van der Waals surface area contributed by atoms with E-state index in [1.165, 1.54) is 13.0 Å². The number of benzene rings is 2. The van der Waals surface area contributed by atoms with Crippen LogP contribution >= 0.6 is 0 Å². The largest absolute Gasteiger partial charge is 0.507 e. The van der Waals surface area contributed by atoms with Crippen molar-refractivity contribution < 1.29 is 24.8 Å². The highest BCUT2D eigenvalue weighted by Crippen LogP contribution is 2.38. The molecule has 102 valence electrons. The van der Waals surface area contributed by atoms with Gasteiger partial charge in [0.2, 0.25) is 5.43 Å². The summed E-state index contributed by atoms with van der Waals surface area (Å²) in [4.78, 5) is 12.4. The number of phenolic OH excluding ortho intramolecular Hbond substituents is 4. The first kappa shape index (κ1) is 12.2. The van der Waals surface area contributed by atoms with Crippen LogP contribution in [0.15, 0.2) is 27.4 Å². The molecule has 1 aromatic heterocycles. The molecule has 0 fully saturated rings. The maximum absolute atomic E-state index is 12.4. The normalized spacial score (nSPS) is 11.2. The van der Waals surface area contributed by atoms with Crippen molar-refractivity contribution in [1.82, 2.24) is 0 Å². The maximum atomic E-state index is 12.4. The summed E-state index contributed by atoms with van der Waals surface area (Å²) < 4.78 is 5.29. The molecule has 20 heavy (non-hydrogen) atoms. The molecule has 3 aromatic rings. The van der Waals surface area contributed by atoms with Gasteiger partial charge in [-0.3, -0.25) is 4.79 Å². The molecule has 1 heterocycles. The molecule has 0 unspecified atom stereocenters. The number of rotatable bonds is 0. The Labute approximate surface area is 111 Å². The van der Waals surface area contributed by atoms with Crippen LogP contribution in [0.2, 0.25) is 0 Å². The van der Waals surface area contributed by atoms with E-state index in [-0.39, 0.29) is 44.9 Å². The SMILES string of the molecule is Cc1cc(O)c2oc3c(O)ccc(O)c3c(=O)c2c1O. The van der Waals surface area contributed by atoms with Crippen molar-refractivity contribution in [2.75, 3.05) is 0 Å². The van der Waals surface area contributed by atoms with Gasteiger partial charge in [0.25, 0.3) is 0 Å². The first-order chi connectivity index (χ1) is 9.41. The molecule has 4 N–H and O–H groups in total. The van der Waals surface area contributed by atoms with E-state index >= 15 is 0 Å². The van der Waals surface area contributed by atoms with Crippen LogP contribution in [0.3, 0.4) is 0 Å². The molecule has 0 atom stereocenters.